The van der Waals surface area contributed by atoms with Gasteiger partial charge in [0, 0.05) is 22.6 Å². The number of hydrogen-bond donors (Lipinski definition) is 2. The molecule has 7 nitrogen and oxygen atoms in total. The fourth-order valence-electron chi connectivity index (χ4n) is 2.78. The van der Waals surface area contributed by atoms with Gasteiger partial charge in [0.1, 0.15) is 11.4 Å². The third kappa shape index (κ3) is 4.47. The molecule has 0 saturated heterocycles. The number of methoxy groups -OCH3 is 1. The highest BCUT2D eigenvalue weighted by Crippen LogP contribution is 2.31. The van der Waals surface area contributed by atoms with Crippen molar-refractivity contribution in [2.45, 2.75) is 13.5 Å². The Kier molecular flexibility index (Phi) is 5.73. The van der Waals surface area contributed by atoms with Crippen molar-refractivity contribution in [1.82, 2.24) is 15.3 Å². The van der Waals surface area contributed by atoms with Crippen molar-refractivity contribution in [3.63, 3.8) is 0 Å². The molecule has 30 heavy (non-hydrogen) atoms. The lowest BCUT2D eigenvalue weighted by molar-refractivity contribution is -0.119. The highest BCUT2D eigenvalue weighted by Gasteiger charge is 2.13. The summed E-state index contributed by atoms with van der Waals surface area (Å²) >= 11 is 2.91. The van der Waals surface area contributed by atoms with E-state index in [2.05, 4.69) is 20.6 Å². The number of thiazole rings is 1. The van der Waals surface area contributed by atoms with E-state index in [0.29, 0.717) is 22.9 Å². The van der Waals surface area contributed by atoms with Crippen molar-refractivity contribution in [3.8, 4) is 16.3 Å². The number of aromatic nitrogens is 2. The summed E-state index contributed by atoms with van der Waals surface area (Å²) in [5.41, 5.74) is 1.82. The van der Waals surface area contributed by atoms with Gasteiger partial charge in [-0.3, -0.25) is 14.9 Å². The molecule has 2 N–H and O–H groups in total. The van der Waals surface area contributed by atoms with Gasteiger partial charge >= 0.3 is 0 Å². The van der Waals surface area contributed by atoms with Gasteiger partial charge in [-0.05, 0) is 36.4 Å². The number of carbonyl (C=O) groups is 2. The Morgan fingerprint density at radius 3 is 2.77 bits per heavy atom. The van der Waals surface area contributed by atoms with Crippen molar-refractivity contribution in [2.24, 2.45) is 0 Å². The molecule has 0 aliphatic carbocycles. The van der Waals surface area contributed by atoms with Crippen LogP contribution in [0.2, 0.25) is 0 Å². The van der Waals surface area contributed by atoms with E-state index in [4.69, 9.17) is 4.74 Å². The summed E-state index contributed by atoms with van der Waals surface area (Å²) < 4.78 is 5.21. The number of carbonyl (C=O) groups excluding carboxylic acids is 2. The standard InChI is InChI=1S/C21H18N4O3S2/c1-12(26)22-10-15-5-8-19(30-15)18-11-29-21(24-18)25-20(27)17-6-3-13-9-14(28-2)4-7-16(13)23-17/h3-9,11H,10H2,1-2H3,(H,22,26)(H,24,25,27). The smallest absolute Gasteiger partial charge is 0.276 e. The molecule has 0 saturated carbocycles. The number of fused-ring (bicyclic) bond motifs is 1. The molecule has 2 amide bonds. The van der Waals surface area contributed by atoms with Crippen LogP contribution in [0.1, 0.15) is 22.3 Å². The Morgan fingerprint density at radius 1 is 1.10 bits per heavy atom. The largest absolute Gasteiger partial charge is 0.497 e. The summed E-state index contributed by atoms with van der Waals surface area (Å²) in [4.78, 5) is 34.6. The number of pyridine rings is 1. The molecule has 4 rings (SSSR count). The number of benzene rings is 1. The van der Waals surface area contributed by atoms with E-state index >= 15 is 0 Å². The van der Waals surface area contributed by atoms with Gasteiger partial charge < -0.3 is 10.1 Å². The van der Waals surface area contributed by atoms with Gasteiger partial charge in [-0.25, -0.2) is 9.97 Å². The van der Waals surface area contributed by atoms with Crippen LogP contribution >= 0.6 is 22.7 Å². The number of nitrogens with zero attached hydrogens (tertiary/aromatic N) is 2. The molecule has 0 radical (unpaired) electrons. The van der Waals surface area contributed by atoms with Crippen molar-refractivity contribution < 1.29 is 14.3 Å². The molecule has 4 aromatic rings. The second-order valence-corrected chi connectivity index (χ2v) is 8.45. The molecule has 0 fully saturated rings. The molecule has 0 spiro atoms. The first-order chi connectivity index (χ1) is 14.5. The predicted molar refractivity (Wildman–Crippen MR) is 119 cm³/mol. The Bertz CT molecular complexity index is 1230. The number of amides is 2. The number of rotatable bonds is 6. The van der Waals surface area contributed by atoms with E-state index in [1.54, 1.807) is 24.5 Å². The first-order valence-corrected chi connectivity index (χ1v) is 10.8. The normalized spacial score (nSPS) is 10.7. The highest BCUT2D eigenvalue weighted by atomic mass is 32.1. The molecule has 152 valence electrons. The topological polar surface area (TPSA) is 93.2 Å². The number of anilines is 1. The maximum atomic E-state index is 12.6. The quantitative estimate of drug-likeness (QED) is 0.468. The lowest BCUT2D eigenvalue weighted by atomic mass is 10.2. The zero-order chi connectivity index (χ0) is 21.1. The third-order valence-electron chi connectivity index (χ3n) is 4.28. The number of thiophene rings is 1. The van der Waals surface area contributed by atoms with Gasteiger partial charge in [0.2, 0.25) is 5.91 Å². The van der Waals surface area contributed by atoms with Crippen LogP contribution in [0, 0.1) is 0 Å². The molecule has 0 aliphatic rings. The van der Waals surface area contributed by atoms with Crippen molar-refractivity contribution in [3.05, 3.63) is 58.4 Å². The van der Waals surface area contributed by atoms with Gasteiger partial charge in [-0.2, -0.15) is 0 Å². The van der Waals surface area contributed by atoms with Gasteiger partial charge in [0.15, 0.2) is 5.13 Å². The summed E-state index contributed by atoms with van der Waals surface area (Å²) in [5, 5.41) is 8.88. The van der Waals surface area contributed by atoms with E-state index < -0.39 is 0 Å². The van der Waals surface area contributed by atoms with Gasteiger partial charge in [0.25, 0.3) is 5.91 Å². The predicted octanol–water partition coefficient (Wildman–Crippen LogP) is 4.32. The molecule has 0 bridgehead atoms. The van der Waals surface area contributed by atoms with Crippen LogP contribution in [-0.2, 0) is 11.3 Å². The summed E-state index contributed by atoms with van der Waals surface area (Å²) in [6, 6.07) is 12.9. The number of nitrogens with one attached hydrogen (secondary N) is 2. The van der Waals surface area contributed by atoms with Crippen LogP contribution in [0.15, 0.2) is 47.8 Å². The zero-order valence-corrected chi connectivity index (χ0v) is 17.9. The van der Waals surface area contributed by atoms with Crippen LogP contribution in [0.25, 0.3) is 21.5 Å². The number of ether oxygens (including phenoxy) is 1. The lowest BCUT2D eigenvalue weighted by Gasteiger charge is -2.05. The highest BCUT2D eigenvalue weighted by molar-refractivity contribution is 7.17. The lowest BCUT2D eigenvalue weighted by Crippen LogP contribution is -2.17. The summed E-state index contributed by atoms with van der Waals surface area (Å²) in [7, 11) is 1.61. The van der Waals surface area contributed by atoms with Gasteiger partial charge in [-0.15, -0.1) is 22.7 Å². The minimum atomic E-state index is -0.314. The summed E-state index contributed by atoms with van der Waals surface area (Å²) in [6.07, 6.45) is 0. The van der Waals surface area contributed by atoms with E-state index in [1.807, 2.05) is 41.8 Å². The Morgan fingerprint density at radius 2 is 1.97 bits per heavy atom. The van der Waals surface area contributed by atoms with E-state index in [-0.39, 0.29) is 11.8 Å². The fourth-order valence-corrected chi connectivity index (χ4v) is 4.47. The van der Waals surface area contributed by atoms with Crippen LogP contribution in [-0.4, -0.2) is 28.9 Å². The monoisotopic (exact) mass is 438 g/mol. The van der Waals surface area contributed by atoms with Crippen LogP contribution < -0.4 is 15.4 Å². The molecule has 0 aliphatic heterocycles. The molecule has 9 heteroatoms. The summed E-state index contributed by atoms with van der Waals surface area (Å²) in [6.45, 7) is 1.98. The molecule has 3 heterocycles. The van der Waals surface area contributed by atoms with E-state index in [9.17, 15) is 9.59 Å². The Labute approximate surface area is 180 Å². The maximum absolute atomic E-state index is 12.6. The Balaban J connectivity index is 1.46. The molecule has 3 aromatic heterocycles. The molecule has 1 aromatic carbocycles. The van der Waals surface area contributed by atoms with E-state index in [1.165, 1.54) is 18.3 Å². The molecular weight excluding hydrogens is 420 g/mol. The van der Waals surface area contributed by atoms with Crippen LogP contribution in [0.5, 0.6) is 5.75 Å². The zero-order valence-electron chi connectivity index (χ0n) is 16.3. The van der Waals surface area contributed by atoms with Crippen molar-refractivity contribution in [1.29, 1.82) is 0 Å². The molecular formula is C21H18N4O3S2. The Hall–Kier alpha value is -3.30. The van der Waals surface area contributed by atoms with Gasteiger partial charge in [0.05, 0.1) is 29.7 Å². The third-order valence-corrected chi connectivity index (χ3v) is 6.14. The second-order valence-electron chi connectivity index (χ2n) is 6.42. The molecule has 0 atom stereocenters. The average Bonchev–Trinajstić information content (AvgIpc) is 3.40. The van der Waals surface area contributed by atoms with E-state index in [0.717, 1.165) is 26.6 Å². The minimum Gasteiger partial charge on any atom is -0.497 e. The first kappa shape index (κ1) is 20.0. The van der Waals surface area contributed by atoms with Crippen molar-refractivity contribution in [2.75, 3.05) is 12.4 Å². The first-order valence-electron chi connectivity index (χ1n) is 9.07. The van der Waals surface area contributed by atoms with Crippen LogP contribution in [0.4, 0.5) is 5.13 Å². The van der Waals surface area contributed by atoms with Crippen molar-refractivity contribution >= 4 is 50.5 Å². The van der Waals surface area contributed by atoms with Gasteiger partial charge in [-0.1, -0.05) is 6.07 Å². The SMILES string of the molecule is COc1ccc2nc(C(=O)Nc3nc(-c4ccc(CNC(C)=O)s4)cs3)ccc2c1. The summed E-state index contributed by atoms with van der Waals surface area (Å²) in [5.74, 6) is 0.363. The average molecular weight is 439 g/mol. The minimum absolute atomic E-state index is 0.0648. The van der Waals surface area contributed by atoms with Crippen LogP contribution in [0.3, 0.4) is 0 Å². The fraction of sp³-hybridized carbons (Fsp3) is 0.143. The maximum Gasteiger partial charge on any atom is 0.276 e. The molecule has 0 unspecified atom stereocenters. The number of hydrogen-bond acceptors (Lipinski definition) is 7. The second kappa shape index (κ2) is 8.60.